The molecule has 0 aromatic heterocycles. The smallest absolute Gasteiger partial charge is 0.230 e. The maximum atomic E-state index is 12.8. The Morgan fingerprint density at radius 1 is 1.35 bits per heavy atom. The average Bonchev–Trinajstić information content (AvgIpc) is 2.41. The highest BCUT2D eigenvalue weighted by Crippen LogP contribution is 2.29. The molecule has 4 heteroatoms. The van der Waals surface area contributed by atoms with E-state index in [-0.39, 0.29) is 23.8 Å². The Bertz CT molecular complexity index is 458. The summed E-state index contributed by atoms with van der Waals surface area (Å²) in [7, 11) is 0. The Morgan fingerprint density at radius 3 is 2.55 bits per heavy atom. The van der Waals surface area contributed by atoms with Crippen LogP contribution in [0.25, 0.3) is 0 Å². The van der Waals surface area contributed by atoms with Crippen LogP contribution in [-0.4, -0.2) is 35.1 Å². The highest BCUT2D eigenvalue weighted by molar-refractivity contribution is 6.30. The molecule has 2 unspecified atom stereocenters. The Kier molecular flexibility index (Phi) is 5.06. The molecule has 1 aromatic rings. The van der Waals surface area contributed by atoms with E-state index in [0.717, 1.165) is 24.9 Å². The van der Waals surface area contributed by atoms with E-state index in [1.165, 1.54) is 0 Å². The average molecular weight is 296 g/mol. The van der Waals surface area contributed by atoms with Crippen LogP contribution in [0.4, 0.5) is 0 Å². The summed E-state index contributed by atoms with van der Waals surface area (Å²) in [6.45, 7) is 5.30. The molecule has 1 aliphatic rings. The van der Waals surface area contributed by atoms with Crippen LogP contribution in [0.2, 0.25) is 5.02 Å². The molecule has 3 nitrogen and oxygen atoms in total. The molecule has 1 N–H and O–H groups in total. The molecule has 110 valence electrons. The summed E-state index contributed by atoms with van der Waals surface area (Å²) >= 11 is 5.91. The number of aliphatic hydroxyl groups excluding tert-OH is 1. The molecule has 0 radical (unpaired) electrons. The van der Waals surface area contributed by atoms with Gasteiger partial charge in [0.1, 0.15) is 0 Å². The minimum atomic E-state index is -0.384. The van der Waals surface area contributed by atoms with Gasteiger partial charge in [0.25, 0.3) is 0 Å². The molecule has 2 atom stereocenters. The van der Waals surface area contributed by atoms with Crippen molar-refractivity contribution in [2.45, 2.75) is 38.7 Å². The minimum Gasteiger partial charge on any atom is -0.391 e. The number of likely N-dealkylation sites (tertiary alicyclic amines) is 1. The number of β-amino-alcohol motifs (C(OH)–C–C–N with tert-alkyl or cyclic N) is 1. The molecule has 0 bridgehead atoms. The van der Waals surface area contributed by atoms with Crippen LogP contribution in [-0.2, 0) is 4.79 Å². The van der Waals surface area contributed by atoms with Gasteiger partial charge in [-0.3, -0.25) is 4.79 Å². The first-order chi connectivity index (χ1) is 9.49. The van der Waals surface area contributed by atoms with E-state index in [9.17, 15) is 9.90 Å². The van der Waals surface area contributed by atoms with E-state index in [1.807, 2.05) is 24.3 Å². The van der Waals surface area contributed by atoms with Gasteiger partial charge in [-0.2, -0.15) is 0 Å². The SMILES string of the molecule is CC(C)C(C(=O)N1CCCC(O)C1)c1ccc(Cl)cc1. The molecule has 2 rings (SSSR count). The molecule has 0 aliphatic carbocycles. The zero-order chi connectivity index (χ0) is 14.7. The fraction of sp³-hybridized carbons (Fsp3) is 0.562. The topological polar surface area (TPSA) is 40.5 Å². The number of aliphatic hydroxyl groups is 1. The number of hydrogen-bond donors (Lipinski definition) is 1. The Labute approximate surface area is 125 Å². The van der Waals surface area contributed by atoms with Crippen molar-refractivity contribution in [3.05, 3.63) is 34.9 Å². The molecule has 1 amide bonds. The van der Waals surface area contributed by atoms with Crippen LogP contribution in [0.5, 0.6) is 0 Å². The van der Waals surface area contributed by atoms with E-state index in [1.54, 1.807) is 4.90 Å². The zero-order valence-corrected chi connectivity index (χ0v) is 12.8. The van der Waals surface area contributed by atoms with Gasteiger partial charge in [0.05, 0.1) is 12.0 Å². The van der Waals surface area contributed by atoms with Gasteiger partial charge in [-0.25, -0.2) is 0 Å². The number of piperidine rings is 1. The van der Waals surface area contributed by atoms with Crippen molar-refractivity contribution in [1.82, 2.24) is 4.90 Å². The quantitative estimate of drug-likeness (QED) is 0.931. The highest BCUT2D eigenvalue weighted by Gasteiger charge is 2.31. The lowest BCUT2D eigenvalue weighted by molar-refractivity contribution is -0.136. The summed E-state index contributed by atoms with van der Waals surface area (Å²) in [5.41, 5.74) is 0.995. The molecule has 1 saturated heterocycles. The predicted octanol–water partition coefficient (Wildman–Crippen LogP) is 3.06. The Morgan fingerprint density at radius 2 is 2.00 bits per heavy atom. The number of halogens is 1. The first-order valence-electron chi connectivity index (χ1n) is 7.21. The van der Waals surface area contributed by atoms with Crippen molar-refractivity contribution in [2.75, 3.05) is 13.1 Å². The zero-order valence-electron chi connectivity index (χ0n) is 12.1. The monoisotopic (exact) mass is 295 g/mol. The van der Waals surface area contributed by atoms with Crippen molar-refractivity contribution < 1.29 is 9.90 Å². The lowest BCUT2D eigenvalue weighted by Crippen LogP contribution is -2.45. The maximum absolute atomic E-state index is 12.8. The van der Waals surface area contributed by atoms with Crippen molar-refractivity contribution in [3.63, 3.8) is 0 Å². The van der Waals surface area contributed by atoms with E-state index in [4.69, 9.17) is 11.6 Å². The fourth-order valence-electron chi connectivity index (χ4n) is 2.83. The van der Waals surface area contributed by atoms with E-state index in [0.29, 0.717) is 11.6 Å². The summed E-state index contributed by atoms with van der Waals surface area (Å²) < 4.78 is 0. The van der Waals surface area contributed by atoms with Gasteiger partial charge in [-0.05, 0) is 36.5 Å². The number of carbonyl (C=O) groups is 1. The first-order valence-corrected chi connectivity index (χ1v) is 7.59. The number of benzene rings is 1. The van der Waals surface area contributed by atoms with Gasteiger partial charge < -0.3 is 10.0 Å². The molecular weight excluding hydrogens is 274 g/mol. The van der Waals surface area contributed by atoms with E-state index < -0.39 is 0 Å². The lowest BCUT2D eigenvalue weighted by Gasteiger charge is -2.34. The van der Waals surface area contributed by atoms with Crippen LogP contribution < -0.4 is 0 Å². The van der Waals surface area contributed by atoms with Crippen LogP contribution in [0.1, 0.15) is 38.2 Å². The summed E-state index contributed by atoms with van der Waals surface area (Å²) in [5.74, 6) is 0.154. The molecular formula is C16H22ClNO2. The molecule has 1 fully saturated rings. The van der Waals surface area contributed by atoms with Gasteiger partial charge in [-0.1, -0.05) is 37.6 Å². The van der Waals surface area contributed by atoms with Crippen molar-refractivity contribution in [1.29, 1.82) is 0 Å². The highest BCUT2D eigenvalue weighted by atomic mass is 35.5. The molecule has 1 aliphatic heterocycles. The van der Waals surface area contributed by atoms with E-state index >= 15 is 0 Å². The van der Waals surface area contributed by atoms with Crippen LogP contribution in [0.3, 0.4) is 0 Å². The second-order valence-corrected chi connectivity index (χ2v) is 6.29. The summed E-state index contributed by atoms with van der Waals surface area (Å²) in [6.07, 6.45) is 1.28. The Hall–Kier alpha value is -1.06. The molecule has 1 heterocycles. The summed E-state index contributed by atoms with van der Waals surface area (Å²) in [4.78, 5) is 14.6. The van der Waals surface area contributed by atoms with Crippen LogP contribution in [0.15, 0.2) is 24.3 Å². The number of carbonyl (C=O) groups excluding carboxylic acids is 1. The van der Waals surface area contributed by atoms with E-state index in [2.05, 4.69) is 13.8 Å². The van der Waals surface area contributed by atoms with Gasteiger partial charge in [-0.15, -0.1) is 0 Å². The number of amides is 1. The van der Waals surface area contributed by atoms with Crippen LogP contribution in [0, 0.1) is 5.92 Å². The first kappa shape index (κ1) is 15.3. The second kappa shape index (κ2) is 6.59. The third-order valence-electron chi connectivity index (χ3n) is 3.87. The minimum absolute atomic E-state index is 0.112. The molecule has 0 saturated carbocycles. The standard InChI is InChI=1S/C16H22ClNO2/c1-11(2)15(12-5-7-13(17)8-6-12)16(20)18-9-3-4-14(19)10-18/h5-8,11,14-15,19H,3-4,9-10H2,1-2H3. The molecule has 1 aromatic carbocycles. The lowest BCUT2D eigenvalue weighted by atomic mass is 9.86. The third-order valence-corrected chi connectivity index (χ3v) is 4.12. The maximum Gasteiger partial charge on any atom is 0.230 e. The van der Waals surface area contributed by atoms with Gasteiger partial charge in [0, 0.05) is 18.1 Å². The van der Waals surface area contributed by atoms with Crippen molar-refractivity contribution >= 4 is 17.5 Å². The fourth-order valence-corrected chi connectivity index (χ4v) is 2.96. The number of hydrogen-bond acceptors (Lipinski definition) is 2. The second-order valence-electron chi connectivity index (χ2n) is 5.85. The van der Waals surface area contributed by atoms with Gasteiger partial charge in [0.15, 0.2) is 0 Å². The summed E-state index contributed by atoms with van der Waals surface area (Å²) in [5, 5.41) is 10.4. The van der Waals surface area contributed by atoms with Gasteiger partial charge in [0.2, 0.25) is 5.91 Å². The number of rotatable bonds is 3. The van der Waals surface area contributed by atoms with Crippen LogP contribution >= 0.6 is 11.6 Å². The summed E-state index contributed by atoms with van der Waals surface area (Å²) in [6, 6.07) is 7.49. The number of nitrogens with zero attached hydrogens (tertiary/aromatic N) is 1. The predicted molar refractivity (Wildman–Crippen MR) is 80.9 cm³/mol. The molecule has 0 spiro atoms. The third kappa shape index (κ3) is 3.53. The van der Waals surface area contributed by atoms with Crippen molar-refractivity contribution in [2.24, 2.45) is 5.92 Å². The normalized spacial score (nSPS) is 21.1. The van der Waals surface area contributed by atoms with Gasteiger partial charge >= 0.3 is 0 Å². The van der Waals surface area contributed by atoms with Crippen molar-refractivity contribution in [3.8, 4) is 0 Å². The molecule has 20 heavy (non-hydrogen) atoms. The largest absolute Gasteiger partial charge is 0.391 e. The Balaban J connectivity index is 2.19.